The van der Waals surface area contributed by atoms with Gasteiger partial charge in [0.1, 0.15) is 17.1 Å². The minimum Gasteiger partial charge on any atom is -0.478 e. The number of rotatable bonds is 2. The quantitative estimate of drug-likeness (QED) is 0.754. The number of hydrogen-bond acceptors (Lipinski definition) is 3. The second kappa shape index (κ2) is 3.13. The van der Waals surface area contributed by atoms with Crippen LogP contribution < -0.4 is 5.32 Å². The highest BCUT2D eigenvalue weighted by Gasteiger charge is 2.28. The Kier molecular flexibility index (Phi) is 2.07. The topological polar surface area (TPSA) is 62.5 Å². The summed E-state index contributed by atoms with van der Waals surface area (Å²) in [5.74, 6) is 0.615. The molecule has 0 amide bonds. The Morgan fingerprint density at radius 3 is 2.79 bits per heavy atom. The van der Waals surface area contributed by atoms with E-state index in [9.17, 15) is 4.79 Å². The summed E-state index contributed by atoms with van der Waals surface area (Å²) in [5, 5.41) is 12.2. The lowest BCUT2D eigenvalue weighted by atomic mass is 10.0. The highest BCUT2D eigenvalue weighted by Crippen LogP contribution is 2.31. The van der Waals surface area contributed by atoms with Crippen LogP contribution >= 0.6 is 0 Å². The van der Waals surface area contributed by atoms with Gasteiger partial charge in [0.05, 0.1) is 6.54 Å². The minimum atomic E-state index is -0.887. The first kappa shape index (κ1) is 9.27. The fourth-order valence-corrected chi connectivity index (χ4v) is 1.81. The Morgan fingerprint density at radius 1 is 1.50 bits per heavy atom. The molecule has 0 saturated carbocycles. The molecule has 1 aromatic heterocycles. The van der Waals surface area contributed by atoms with Gasteiger partial charge in [-0.15, -0.1) is 0 Å². The van der Waals surface area contributed by atoms with Crippen molar-refractivity contribution in [1.82, 2.24) is 5.32 Å². The lowest BCUT2D eigenvalue weighted by molar-refractivity contribution is 0.0692. The number of furan rings is 1. The number of aromatic carboxylic acids is 1. The maximum atomic E-state index is 11.1. The average Bonchev–Trinajstić information content (AvgIpc) is 2.58. The van der Waals surface area contributed by atoms with Crippen molar-refractivity contribution in [2.24, 2.45) is 0 Å². The molecule has 0 aromatic carbocycles. The van der Waals surface area contributed by atoms with E-state index in [1.165, 1.54) is 0 Å². The monoisotopic (exact) mass is 195 g/mol. The Balaban J connectivity index is 2.57. The summed E-state index contributed by atoms with van der Waals surface area (Å²) in [5.41, 5.74) is 1.18. The molecular formula is C10H13NO3. The van der Waals surface area contributed by atoms with Crippen molar-refractivity contribution in [1.29, 1.82) is 0 Å². The average molecular weight is 195 g/mol. The summed E-state index contributed by atoms with van der Waals surface area (Å²) < 4.78 is 5.54. The normalized spacial score (nSPS) is 14.8. The first-order valence-corrected chi connectivity index (χ1v) is 4.69. The summed E-state index contributed by atoms with van der Waals surface area (Å²) in [6.45, 7) is 5.12. The van der Waals surface area contributed by atoms with Gasteiger partial charge in [-0.05, 0) is 0 Å². The molecule has 14 heavy (non-hydrogen) atoms. The van der Waals surface area contributed by atoms with Crippen LogP contribution in [0.1, 0.15) is 47.2 Å². The highest BCUT2D eigenvalue weighted by molar-refractivity contribution is 5.91. The Morgan fingerprint density at radius 2 is 2.21 bits per heavy atom. The van der Waals surface area contributed by atoms with Gasteiger partial charge in [0.25, 0.3) is 0 Å². The molecule has 1 aromatic rings. The van der Waals surface area contributed by atoms with Crippen LogP contribution in [0.15, 0.2) is 4.42 Å². The van der Waals surface area contributed by atoms with E-state index in [-0.39, 0.29) is 5.92 Å². The van der Waals surface area contributed by atoms with Gasteiger partial charge in [-0.25, -0.2) is 4.79 Å². The molecular weight excluding hydrogens is 182 g/mol. The van der Waals surface area contributed by atoms with Gasteiger partial charge >= 0.3 is 5.97 Å². The molecule has 0 aliphatic carbocycles. The Hall–Kier alpha value is -1.29. The molecule has 1 aliphatic heterocycles. The van der Waals surface area contributed by atoms with E-state index in [0.29, 0.717) is 24.4 Å². The van der Waals surface area contributed by atoms with Crippen LogP contribution in [0.3, 0.4) is 0 Å². The predicted molar refractivity (Wildman–Crippen MR) is 50.3 cm³/mol. The minimum absolute atomic E-state index is 0.117. The smallest absolute Gasteiger partial charge is 0.339 e. The zero-order valence-electron chi connectivity index (χ0n) is 8.26. The SMILES string of the molecule is CC(C)c1oc2c(c1C(=O)O)CNC2. The molecule has 0 saturated heterocycles. The first-order chi connectivity index (χ1) is 6.61. The molecule has 0 fully saturated rings. The van der Waals surface area contributed by atoms with E-state index in [4.69, 9.17) is 9.52 Å². The molecule has 4 nitrogen and oxygen atoms in total. The molecule has 0 atom stereocenters. The lowest BCUT2D eigenvalue weighted by Crippen LogP contribution is -2.07. The van der Waals surface area contributed by atoms with E-state index in [0.717, 1.165) is 11.3 Å². The van der Waals surface area contributed by atoms with Crippen molar-refractivity contribution in [3.8, 4) is 0 Å². The van der Waals surface area contributed by atoms with Crippen LogP contribution in [0, 0.1) is 0 Å². The summed E-state index contributed by atoms with van der Waals surface area (Å²) in [7, 11) is 0. The number of hydrogen-bond donors (Lipinski definition) is 2. The molecule has 0 bridgehead atoms. The van der Waals surface area contributed by atoms with Crippen molar-refractivity contribution in [3.63, 3.8) is 0 Å². The van der Waals surface area contributed by atoms with Crippen molar-refractivity contribution >= 4 is 5.97 Å². The van der Waals surface area contributed by atoms with Crippen LogP contribution in [0.25, 0.3) is 0 Å². The molecule has 1 aliphatic rings. The van der Waals surface area contributed by atoms with Gasteiger partial charge in [-0.1, -0.05) is 13.8 Å². The number of carboxylic acid groups (broad SMARTS) is 1. The third-order valence-electron chi connectivity index (χ3n) is 2.44. The fourth-order valence-electron chi connectivity index (χ4n) is 1.81. The molecule has 4 heteroatoms. The van der Waals surface area contributed by atoms with Crippen molar-refractivity contribution < 1.29 is 14.3 Å². The summed E-state index contributed by atoms with van der Waals surface area (Å²) >= 11 is 0. The zero-order chi connectivity index (χ0) is 10.3. The molecule has 2 rings (SSSR count). The molecule has 2 heterocycles. The summed E-state index contributed by atoms with van der Waals surface area (Å²) in [4.78, 5) is 11.1. The van der Waals surface area contributed by atoms with E-state index in [1.54, 1.807) is 0 Å². The summed E-state index contributed by atoms with van der Waals surface area (Å²) in [6, 6.07) is 0. The van der Waals surface area contributed by atoms with E-state index in [2.05, 4.69) is 5.32 Å². The number of fused-ring (bicyclic) bond motifs is 1. The first-order valence-electron chi connectivity index (χ1n) is 4.69. The number of carboxylic acids is 1. The second-order valence-electron chi connectivity index (χ2n) is 3.81. The van der Waals surface area contributed by atoms with Crippen LogP contribution in [0.4, 0.5) is 0 Å². The van der Waals surface area contributed by atoms with Gasteiger partial charge in [0.2, 0.25) is 0 Å². The third kappa shape index (κ3) is 1.23. The lowest BCUT2D eigenvalue weighted by Gasteiger charge is -2.03. The Labute approximate surface area is 81.9 Å². The Bertz CT molecular complexity index is 379. The van der Waals surface area contributed by atoms with E-state index >= 15 is 0 Å². The number of nitrogens with one attached hydrogen (secondary N) is 1. The van der Waals surface area contributed by atoms with Crippen LogP contribution in [0.2, 0.25) is 0 Å². The van der Waals surface area contributed by atoms with Crippen LogP contribution in [-0.4, -0.2) is 11.1 Å². The third-order valence-corrected chi connectivity index (χ3v) is 2.44. The molecule has 0 radical (unpaired) electrons. The van der Waals surface area contributed by atoms with Gasteiger partial charge in [-0.2, -0.15) is 0 Å². The van der Waals surface area contributed by atoms with Gasteiger partial charge in [0.15, 0.2) is 0 Å². The fraction of sp³-hybridized carbons (Fsp3) is 0.500. The number of carbonyl (C=O) groups is 1. The van der Waals surface area contributed by atoms with Crippen LogP contribution in [-0.2, 0) is 13.1 Å². The predicted octanol–water partition coefficient (Wildman–Crippen LogP) is 1.70. The van der Waals surface area contributed by atoms with Crippen molar-refractivity contribution in [2.75, 3.05) is 0 Å². The maximum Gasteiger partial charge on any atom is 0.339 e. The zero-order valence-corrected chi connectivity index (χ0v) is 8.26. The standard InChI is InChI=1S/C10H13NO3/c1-5(2)9-8(10(12)13)6-3-11-4-7(6)14-9/h5,11H,3-4H2,1-2H3,(H,12,13). The van der Waals surface area contributed by atoms with Crippen molar-refractivity contribution in [2.45, 2.75) is 32.9 Å². The van der Waals surface area contributed by atoms with Gasteiger partial charge in [-0.3, -0.25) is 0 Å². The summed E-state index contributed by atoms with van der Waals surface area (Å²) in [6.07, 6.45) is 0. The largest absolute Gasteiger partial charge is 0.478 e. The van der Waals surface area contributed by atoms with E-state index < -0.39 is 5.97 Å². The van der Waals surface area contributed by atoms with Gasteiger partial charge in [0, 0.05) is 18.0 Å². The maximum absolute atomic E-state index is 11.1. The van der Waals surface area contributed by atoms with Crippen molar-refractivity contribution in [3.05, 3.63) is 22.6 Å². The highest BCUT2D eigenvalue weighted by atomic mass is 16.4. The molecule has 76 valence electrons. The van der Waals surface area contributed by atoms with Gasteiger partial charge < -0.3 is 14.8 Å². The molecule has 0 spiro atoms. The van der Waals surface area contributed by atoms with Crippen LogP contribution in [0.5, 0.6) is 0 Å². The molecule has 2 N–H and O–H groups in total. The van der Waals surface area contributed by atoms with E-state index in [1.807, 2.05) is 13.8 Å². The molecule has 0 unspecified atom stereocenters. The second-order valence-corrected chi connectivity index (χ2v) is 3.81.